The number of carbonyl (C=O) groups excluding carboxylic acids is 2. The second-order valence-corrected chi connectivity index (χ2v) is 9.14. The van der Waals surface area contributed by atoms with Crippen molar-refractivity contribution in [1.29, 1.82) is 0 Å². The highest BCUT2D eigenvalue weighted by Gasteiger charge is 2.44. The van der Waals surface area contributed by atoms with Crippen molar-refractivity contribution in [2.45, 2.75) is 45.4 Å². The van der Waals surface area contributed by atoms with Crippen LogP contribution in [0.2, 0.25) is 0 Å². The van der Waals surface area contributed by atoms with Crippen LogP contribution in [0, 0.1) is 0 Å². The molecule has 3 heterocycles. The van der Waals surface area contributed by atoms with Crippen molar-refractivity contribution in [3.8, 4) is 11.5 Å². The Morgan fingerprint density at radius 1 is 1.25 bits per heavy atom. The molecule has 2 unspecified atom stereocenters. The van der Waals surface area contributed by atoms with Crippen molar-refractivity contribution >= 4 is 17.4 Å². The first-order valence-corrected chi connectivity index (χ1v) is 12.3. The third kappa shape index (κ3) is 4.46. The van der Waals surface area contributed by atoms with Gasteiger partial charge in [0.15, 0.2) is 0 Å². The minimum Gasteiger partial charge on any atom is -0.872 e. The second-order valence-electron chi connectivity index (χ2n) is 9.14. The van der Waals surface area contributed by atoms with Crippen LogP contribution in [-0.2, 0) is 22.6 Å². The highest BCUT2D eigenvalue weighted by Crippen LogP contribution is 2.40. The topological polar surface area (TPSA) is 98.6 Å². The summed E-state index contributed by atoms with van der Waals surface area (Å²) in [5.41, 5.74) is 1.98. The van der Waals surface area contributed by atoms with Gasteiger partial charge in [-0.25, -0.2) is 4.57 Å². The summed E-state index contributed by atoms with van der Waals surface area (Å²) in [7, 11) is 0. The number of carbonyl (C=O) groups is 2. The van der Waals surface area contributed by atoms with E-state index in [1.54, 1.807) is 24.3 Å². The number of Topliss-reactive ketones (excluding diaryl/α,β-unsaturated/α-hetero) is 1. The first kappa shape index (κ1) is 23.7. The Bertz CT molecular complexity index is 1310. The lowest BCUT2D eigenvalue weighted by Crippen LogP contribution is -2.36. The number of aryl methyl sites for hydroxylation is 1. The van der Waals surface area contributed by atoms with Gasteiger partial charge in [-0.05, 0) is 54.8 Å². The summed E-state index contributed by atoms with van der Waals surface area (Å²) in [5.74, 6) is -0.443. The number of aromatic amines is 1. The molecule has 1 saturated heterocycles. The number of nitrogens with one attached hydrogen (secondary N) is 1. The number of imidazole rings is 1. The molecule has 1 fully saturated rings. The fraction of sp³-hybridized carbons (Fsp3) is 0.321. The van der Waals surface area contributed by atoms with Crippen LogP contribution in [0.1, 0.15) is 43.0 Å². The zero-order chi connectivity index (χ0) is 25.2. The molecule has 2 atom stereocenters. The Labute approximate surface area is 209 Å². The van der Waals surface area contributed by atoms with Gasteiger partial charge in [-0.1, -0.05) is 24.0 Å². The summed E-state index contributed by atoms with van der Waals surface area (Å²) >= 11 is 0. The monoisotopic (exact) mass is 487 g/mol. The van der Waals surface area contributed by atoms with E-state index in [1.165, 1.54) is 4.90 Å². The molecule has 0 saturated carbocycles. The highest BCUT2D eigenvalue weighted by atomic mass is 16.5. The third-order valence-electron chi connectivity index (χ3n) is 6.59. The molecule has 5 rings (SSSR count). The molecular weight excluding hydrogens is 458 g/mol. The van der Waals surface area contributed by atoms with Crippen molar-refractivity contribution in [3.05, 3.63) is 83.4 Å². The maximum absolute atomic E-state index is 13.8. The largest absolute Gasteiger partial charge is 0.872 e. The van der Waals surface area contributed by atoms with E-state index >= 15 is 0 Å². The molecule has 0 radical (unpaired) electrons. The molecule has 1 aromatic heterocycles. The van der Waals surface area contributed by atoms with Crippen LogP contribution in [0.25, 0.3) is 5.76 Å². The minimum absolute atomic E-state index is 0.0186. The number of hydrogen-bond donors (Lipinski definition) is 1. The first-order valence-electron chi connectivity index (χ1n) is 12.3. The van der Waals surface area contributed by atoms with Crippen LogP contribution < -0.4 is 19.1 Å². The molecular formula is C28H29N3O5. The third-order valence-corrected chi connectivity index (χ3v) is 6.59. The Kier molecular flexibility index (Phi) is 6.50. The lowest BCUT2D eigenvalue weighted by molar-refractivity contribution is -0.695. The Morgan fingerprint density at radius 2 is 2.11 bits per heavy atom. The van der Waals surface area contributed by atoms with E-state index in [2.05, 4.69) is 4.98 Å². The first-order chi connectivity index (χ1) is 17.5. The van der Waals surface area contributed by atoms with Gasteiger partial charge in [0.2, 0.25) is 12.1 Å². The van der Waals surface area contributed by atoms with Crippen molar-refractivity contribution in [2.24, 2.45) is 0 Å². The molecule has 186 valence electrons. The molecule has 0 aliphatic carbocycles. The summed E-state index contributed by atoms with van der Waals surface area (Å²) in [6.07, 6.45) is 6.91. The van der Waals surface area contributed by atoms with E-state index in [1.807, 2.05) is 55.3 Å². The van der Waals surface area contributed by atoms with E-state index in [9.17, 15) is 14.7 Å². The van der Waals surface area contributed by atoms with Gasteiger partial charge in [-0.3, -0.25) is 14.6 Å². The number of aromatic nitrogens is 2. The van der Waals surface area contributed by atoms with E-state index in [0.717, 1.165) is 11.3 Å². The SMILES string of the molecule is CCOc1cccc(C2/C(=C(\[O-])c3ccc4c(c3)CC(C)O4)C(=O)C(=O)N2CCC[n+]2cc[nH]c2)c1. The molecule has 36 heavy (non-hydrogen) atoms. The van der Waals surface area contributed by atoms with Crippen LogP contribution >= 0.6 is 0 Å². The van der Waals surface area contributed by atoms with Gasteiger partial charge < -0.3 is 19.5 Å². The fourth-order valence-electron chi connectivity index (χ4n) is 4.99. The van der Waals surface area contributed by atoms with Gasteiger partial charge in [-0.15, -0.1) is 0 Å². The zero-order valence-corrected chi connectivity index (χ0v) is 20.4. The Morgan fingerprint density at radius 3 is 2.89 bits per heavy atom. The zero-order valence-electron chi connectivity index (χ0n) is 20.4. The number of ether oxygens (including phenoxy) is 2. The molecule has 2 aromatic carbocycles. The van der Waals surface area contributed by atoms with Gasteiger partial charge >= 0.3 is 0 Å². The lowest BCUT2D eigenvalue weighted by Gasteiger charge is -2.27. The van der Waals surface area contributed by atoms with Crippen molar-refractivity contribution in [2.75, 3.05) is 13.2 Å². The van der Waals surface area contributed by atoms with Crippen LogP contribution in [0.4, 0.5) is 0 Å². The van der Waals surface area contributed by atoms with Gasteiger partial charge in [0.05, 0.1) is 19.2 Å². The smallest absolute Gasteiger partial charge is 0.295 e. The van der Waals surface area contributed by atoms with E-state index in [0.29, 0.717) is 49.4 Å². The van der Waals surface area contributed by atoms with Crippen molar-refractivity contribution < 1.29 is 28.7 Å². The van der Waals surface area contributed by atoms with E-state index < -0.39 is 23.5 Å². The van der Waals surface area contributed by atoms with E-state index in [4.69, 9.17) is 9.47 Å². The Hall–Kier alpha value is -4.07. The van der Waals surface area contributed by atoms with Gasteiger partial charge in [0, 0.05) is 25.0 Å². The van der Waals surface area contributed by atoms with Gasteiger partial charge in [-0.2, -0.15) is 0 Å². The number of rotatable bonds is 8. The van der Waals surface area contributed by atoms with Gasteiger partial charge in [0.25, 0.3) is 5.91 Å². The number of ketones is 1. The second kappa shape index (κ2) is 9.89. The summed E-state index contributed by atoms with van der Waals surface area (Å²) in [5, 5.41) is 13.8. The highest BCUT2D eigenvalue weighted by molar-refractivity contribution is 6.46. The quantitative estimate of drug-likeness (QED) is 0.228. The number of H-pyrrole nitrogens is 1. The van der Waals surface area contributed by atoms with Crippen LogP contribution in [-0.4, -0.2) is 40.8 Å². The number of nitrogens with zero attached hydrogens (tertiary/aromatic N) is 2. The predicted octanol–water partition coefficient (Wildman–Crippen LogP) is 2.34. The molecule has 3 aromatic rings. The normalized spacial score (nSPS) is 20.4. The number of likely N-dealkylation sites (tertiary alicyclic amines) is 1. The van der Waals surface area contributed by atoms with Crippen molar-refractivity contribution in [3.63, 3.8) is 0 Å². The standard InChI is InChI=1S/C28H29N3O5/c1-3-35-22-7-4-6-19(16-22)25-24(26(32)20-8-9-23-21(15-20)14-18(2)36-23)27(33)28(34)31(25)12-5-11-30-13-10-29-17-30/h4,6-10,13,15-18,25H,3,5,11-12,14H2,1-2H3,(H,32,33). The average molecular weight is 488 g/mol. The summed E-state index contributed by atoms with van der Waals surface area (Å²) in [4.78, 5) is 31.0. The Balaban J connectivity index is 1.54. The maximum Gasteiger partial charge on any atom is 0.295 e. The molecule has 2 aliphatic heterocycles. The number of amides is 1. The molecule has 2 aliphatic rings. The molecule has 1 N–H and O–H groups in total. The maximum atomic E-state index is 13.8. The predicted molar refractivity (Wildman–Crippen MR) is 130 cm³/mol. The molecule has 0 spiro atoms. The minimum atomic E-state index is -0.780. The number of hydrogen-bond acceptors (Lipinski definition) is 5. The van der Waals surface area contributed by atoms with Crippen molar-refractivity contribution in [1.82, 2.24) is 9.88 Å². The number of benzene rings is 2. The summed E-state index contributed by atoms with van der Waals surface area (Å²) < 4.78 is 13.4. The van der Waals surface area contributed by atoms with E-state index in [-0.39, 0.29) is 11.7 Å². The van der Waals surface area contributed by atoms with Crippen LogP contribution in [0.3, 0.4) is 0 Å². The number of fused-ring (bicyclic) bond motifs is 1. The fourth-order valence-corrected chi connectivity index (χ4v) is 4.99. The van der Waals surface area contributed by atoms with Gasteiger partial charge in [0.1, 0.15) is 30.0 Å². The molecule has 8 nitrogen and oxygen atoms in total. The lowest BCUT2D eigenvalue weighted by atomic mass is 9.94. The summed E-state index contributed by atoms with van der Waals surface area (Å²) in [6, 6.07) is 11.7. The van der Waals surface area contributed by atoms with Crippen LogP contribution in [0.15, 0.2) is 66.8 Å². The van der Waals surface area contributed by atoms with Crippen LogP contribution in [0.5, 0.6) is 11.5 Å². The summed E-state index contributed by atoms with van der Waals surface area (Å²) in [6.45, 7) is 5.34. The molecule has 8 heteroatoms. The average Bonchev–Trinajstić information content (AvgIpc) is 3.58. The molecule has 0 bridgehead atoms. The molecule has 1 amide bonds.